The normalized spacial score (nSPS) is 14.7. The molecule has 0 aliphatic rings. The number of alkyl halides is 1. The third-order valence-corrected chi connectivity index (χ3v) is 8.40. The van der Waals surface area contributed by atoms with E-state index < -0.39 is 19.2 Å². The Balaban J connectivity index is 2.96. The monoisotopic (exact) mass is 353 g/mol. The second-order valence-corrected chi connectivity index (χ2v) is 11.8. The zero-order valence-corrected chi connectivity index (χ0v) is 16.1. The molecule has 21 heavy (non-hydrogen) atoms. The molecule has 0 saturated heterocycles. The van der Waals surface area contributed by atoms with Crippen LogP contribution in [0.3, 0.4) is 0 Å². The van der Waals surface area contributed by atoms with E-state index in [1.54, 1.807) is 0 Å². The minimum atomic E-state index is -3.61. The Hall–Kier alpha value is -0.413. The van der Waals surface area contributed by atoms with Crippen LogP contribution in [0, 0.1) is 0 Å². The second kappa shape index (κ2) is 6.78. The molecule has 122 valence electrons. The molecule has 0 aromatic carbocycles. The van der Waals surface area contributed by atoms with Gasteiger partial charge < -0.3 is 4.43 Å². The molecule has 0 amide bonds. The van der Waals surface area contributed by atoms with Crippen LogP contribution in [0.1, 0.15) is 32.3 Å². The molecule has 0 spiro atoms. The molecule has 0 bridgehead atoms. The summed E-state index contributed by atoms with van der Waals surface area (Å²) < 4.78 is 32.5. The van der Waals surface area contributed by atoms with Crippen LogP contribution in [-0.4, -0.2) is 44.8 Å². The van der Waals surface area contributed by atoms with Gasteiger partial charge >= 0.3 is 10.2 Å². The largest absolute Gasteiger partial charge is 0.414 e. The van der Waals surface area contributed by atoms with Crippen LogP contribution in [0.2, 0.25) is 11.6 Å². The number of aromatic nitrogens is 2. The summed E-state index contributed by atoms with van der Waals surface area (Å²) in [6.45, 7) is 8.86. The first-order chi connectivity index (χ1) is 9.50. The Morgan fingerprint density at radius 3 is 2.43 bits per heavy atom. The van der Waals surface area contributed by atoms with Crippen molar-refractivity contribution in [1.82, 2.24) is 13.3 Å². The Bertz CT molecular complexity index is 581. The molecule has 1 rings (SSSR count). The molecule has 0 radical (unpaired) electrons. The number of halogens is 1. The van der Waals surface area contributed by atoms with Crippen molar-refractivity contribution in [2.75, 3.05) is 14.1 Å². The van der Waals surface area contributed by atoms with Crippen LogP contribution in [0.4, 0.5) is 0 Å². The molecule has 0 fully saturated rings. The Morgan fingerprint density at radius 1 is 1.43 bits per heavy atom. The summed E-state index contributed by atoms with van der Waals surface area (Å²) in [5, 5.41) is 0.146. The van der Waals surface area contributed by atoms with Crippen LogP contribution < -0.4 is 0 Å². The van der Waals surface area contributed by atoms with Gasteiger partial charge in [0, 0.05) is 20.3 Å². The van der Waals surface area contributed by atoms with Gasteiger partial charge in [0.1, 0.15) is 5.82 Å². The molecule has 1 atom stereocenters. The van der Waals surface area contributed by atoms with Crippen LogP contribution in [-0.2, 0) is 27.1 Å². The summed E-state index contributed by atoms with van der Waals surface area (Å²) in [5.41, 5.74) is 0.583. The van der Waals surface area contributed by atoms with Crippen molar-refractivity contribution in [1.29, 1.82) is 0 Å². The molecular weight excluding hydrogens is 330 g/mol. The Kier molecular flexibility index (Phi) is 6.02. The zero-order valence-electron chi connectivity index (χ0n) is 13.4. The summed E-state index contributed by atoms with van der Waals surface area (Å²) in [6.07, 6.45) is 1.48. The van der Waals surface area contributed by atoms with Crippen molar-refractivity contribution in [2.24, 2.45) is 0 Å². The lowest BCUT2D eigenvalue weighted by Gasteiger charge is -2.25. The van der Waals surface area contributed by atoms with Crippen molar-refractivity contribution in [3.8, 4) is 0 Å². The lowest BCUT2D eigenvalue weighted by atomic mass is 10.3. The summed E-state index contributed by atoms with van der Waals surface area (Å²) in [4.78, 5) is 4.25. The molecule has 1 aromatic rings. The molecule has 1 aromatic heterocycles. The molecule has 0 aliphatic carbocycles. The Morgan fingerprint density at radius 2 is 2.00 bits per heavy atom. The van der Waals surface area contributed by atoms with E-state index in [0.717, 1.165) is 8.28 Å². The van der Waals surface area contributed by atoms with Gasteiger partial charge in [0.05, 0.1) is 18.2 Å². The van der Waals surface area contributed by atoms with E-state index in [1.165, 1.54) is 20.3 Å². The average Bonchev–Trinajstić information content (AvgIpc) is 2.78. The first-order valence-electron chi connectivity index (χ1n) is 6.68. The van der Waals surface area contributed by atoms with E-state index in [9.17, 15) is 8.42 Å². The zero-order chi connectivity index (χ0) is 16.4. The van der Waals surface area contributed by atoms with E-state index >= 15 is 0 Å². The van der Waals surface area contributed by atoms with Gasteiger partial charge in [-0.2, -0.15) is 12.7 Å². The highest BCUT2D eigenvalue weighted by Crippen LogP contribution is 2.27. The topological polar surface area (TPSA) is 64.4 Å². The van der Waals surface area contributed by atoms with Gasteiger partial charge in [-0.1, -0.05) is 20.8 Å². The predicted molar refractivity (Wildman–Crippen MR) is 87.3 cm³/mol. The number of imidazole rings is 1. The molecule has 1 heterocycles. The van der Waals surface area contributed by atoms with E-state index in [0.29, 0.717) is 18.1 Å². The summed E-state index contributed by atoms with van der Waals surface area (Å²) in [7, 11) is -2.05. The quantitative estimate of drug-likeness (QED) is 0.579. The molecule has 0 N–H and O–H groups in total. The number of rotatable bonds is 6. The maximum absolute atomic E-state index is 12.2. The third kappa shape index (κ3) is 4.53. The average molecular weight is 354 g/mol. The Labute approximate surface area is 134 Å². The minimum absolute atomic E-state index is 0.0271. The van der Waals surface area contributed by atoms with Crippen LogP contribution in [0.25, 0.3) is 0 Å². The van der Waals surface area contributed by atoms with Gasteiger partial charge in [-0.15, -0.1) is 11.6 Å². The van der Waals surface area contributed by atoms with Gasteiger partial charge in [0.15, 0.2) is 9.04 Å². The van der Waals surface area contributed by atoms with E-state index in [2.05, 4.69) is 32.3 Å². The molecule has 0 saturated carbocycles. The second-order valence-electron chi connectivity index (χ2n) is 6.19. The molecule has 9 heteroatoms. The lowest BCUT2D eigenvalue weighted by molar-refractivity contribution is 0.290. The van der Waals surface area contributed by atoms with Gasteiger partial charge in [0.2, 0.25) is 0 Å². The SMILES string of the molecule is CN(C)S(=O)(=O)n1cc(CO[SiH](C)C(C)(C)C)nc1CCl. The van der Waals surface area contributed by atoms with E-state index in [4.69, 9.17) is 16.0 Å². The first-order valence-corrected chi connectivity index (χ1v) is 10.8. The summed E-state index contributed by atoms with van der Waals surface area (Å²) in [5.74, 6) is 0.327. The summed E-state index contributed by atoms with van der Waals surface area (Å²) in [6, 6.07) is 0. The minimum Gasteiger partial charge on any atom is -0.414 e. The van der Waals surface area contributed by atoms with Gasteiger partial charge in [-0.25, -0.2) is 8.96 Å². The molecule has 1 unspecified atom stereocenters. The van der Waals surface area contributed by atoms with E-state index in [1.807, 2.05) is 0 Å². The van der Waals surface area contributed by atoms with Crippen molar-refractivity contribution in [3.63, 3.8) is 0 Å². The maximum atomic E-state index is 12.2. The first kappa shape index (κ1) is 18.6. The van der Waals surface area contributed by atoms with Crippen molar-refractivity contribution < 1.29 is 12.8 Å². The standard InChI is InChI=1S/C12H24ClN3O3SSi/c1-12(2,3)21(6)19-9-10-8-16(11(7-13)14-10)20(17,18)15(4)5/h8,21H,7,9H2,1-6H3. The van der Waals surface area contributed by atoms with Crippen molar-refractivity contribution in [2.45, 2.75) is 44.8 Å². The smallest absolute Gasteiger partial charge is 0.308 e. The predicted octanol–water partition coefficient (Wildman–Crippen LogP) is 1.95. The highest BCUT2D eigenvalue weighted by molar-refractivity contribution is 7.87. The van der Waals surface area contributed by atoms with Crippen molar-refractivity contribution >= 4 is 30.9 Å². The number of hydrogen-bond acceptors (Lipinski definition) is 4. The fraction of sp³-hybridized carbons (Fsp3) is 0.750. The third-order valence-electron chi connectivity index (χ3n) is 3.32. The molecule has 6 nitrogen and oxygen atoms in total. The lowest BCUT2D eigenvalue weighted by Crippen LogP contribution is -2.29. The molecule has 0 aliphatic heterocycles. The highest BCUT2D eigenvalue weighted by Gasteiger charge is 2.25. The van der Waals surface area contributed by atoms with Crippen LogP contribution >= 0.6 is 11.6 Å². The van der Waals surface area contributed by atoms with Crippen molar-refractivity contribution in [3.05, 3.63) is 17.7 Å². The number of hydrogen-bond donors (Lipinski definition) is 0. The fourth-order valence-corrected chi connectivity index (χ4v) is 3.61. The van der Waals surface area contributed by atoms with Gasteiger partial charge in [0.25, 0.3) is 0 Å². The van der Waals surface area contributed by atoms with Gasteiger partial charge in [-0.3, -0.25) is 0 Å². The fourth-order valence-electron chi connectivity index (χ4n) is 1.45. The van der Waals surface area contributed by atoms with Gasteiger partial charge in [-0.05, 0) is 11.6 Å². The maximum Gasteiger partial charge on any atom is 0.308 e. The number of nitrogens with zero attached hydrogens (tertiary/aromatic N) is 3. The van der Waals surface area contributed by atoms with Crippen LogP contribution in [0.15, 0.2) is 6.20 Å². The van der Waals surface area contributed by atoms with E-state index in [-0.39, 0.29) is 10.9 Å². The highest BCUT2D eigenvalue weighted by atomic mass is 35.5. The summed E-state index contributed by atoms with van der Waals surface area (Å²) >= 11 is 5.79. The molecular formula is C12H24ClN3O3SSi. The van der Waals surface area contributed by atoms with Crippen LogP contribution in [0.5, 0.6) is 0 Å².